The summed E-state index contributed by atoms with van der Waals surface area (Å²) in [6, 6.07) is 8.37. The molecule has 0 saturated carbocycles. The summed E-state index contributed by atoms with van der Waals surface area (Å²) >= 11 is 1.83. The van der Waals surface area contributed by atoms with Gasteiger partial charge in [-0.1, -0.05) is 6.07 Å². The van der Waals surface area contributed by atoms with E-state index < -0.39 is 0 Å². The van der Waals surface area contributed by atoms with Crippen molar-refractivity contribution in [3.8, 4) is 0 Å². The van der Waals surface area contributed by atoms with Crippen LogP contribution in [0.2, 0.25) is 0 Å². The summed E-state index contributed by atoms with van der Waals surface area (Å²) in [6.07, 6.45) is 6.61. The van der Waals surface area contributed by atoms with Crippen LogP contribution in [-0.2, 0) is 11.2 Å². The van der Waals surface area contributed by atoms with E-state index >= 15 is 0 Å². The Hall–Kier alpha value is -1.50. The van der Waals surface area contributed by atoms with Gasteiger partial charge in [0.15, 0.2) is 0 Å². The minimum atomic E-state index is -0.259. The van der Waals surface area contributed by atoms with Crippen LogP contribution < -0.4 is 5.01 Å². The van der Waals surface area contributed by atoms with Crippen LogP contribution in [0.5, 0.6) is 0 Å². The number of aromatic nitrogens is 1. The minimum absolute atomic E-state index is 0. The summed E-state index contributed by atoms with van der Waals surface area (Å²) in [6.45, 7) is 5.38. The Morgan fingerprint density at radius 2 is 2.00 bits per heavy atom. The summed E-state index contributed by atoms with van der Waals surface area (Å²) in [4.78, 5) is 16.3. The standard InChI is InChI=1S/C18H25N3O2S.ClH/c1-2-23-18(22)21(20-10-3-4-11-20)16-7-12-19(13-8-16)14-9-17-6-5-15-24-17;/h3-6,10-11,15-16H,2,7-9,12-14H2,1H3;1H. The molecule has 0 unspecified atom stereocenters. The predicted molar refractivity (Wildman–Crippen MR) is 104 cm³/mol. The number of rotatable bonds is 6. The lowest BCUT2D eigenvalue weighted by Crippen LogP contribution is -2.52. The number of hydrogen-bond acceptors (Lipinski definition) is 4. The number of likely N-dealkylation sites (tertiary alicyclic amines) is 1. The first-order chi connectivity index (χ1) is 11.8. The third-order valence-corrected chi connectivity index (χ3v) is 5.39. The maximum Gasteiger partial charge on any atom is 0.429 e. The van der Waals surface area contributed by atoms with Gasteiger partial charge in [-0.3, -0.25) is 4.68 Å². The molecule has 3 heterocycles. The maximum atomic E-state index is 12.4. The first-order valence-electron chi connectivity index (χ1n) is 8.62. The number of ether oxygens (including phenoxy) is 1. The van der Waals surface area contributed by atoms with Gasteiger partial charge in [0.2, 0.25) is 0 Å². The molecule has 2 aromatic heterocycles. The number of amides is 1. The molecule has 0 aromatic carbocycles. The summed E-state index contributed by atoms with van der Waals surface area (Å²) in [7, 11) is 0. The smallest absolute Gasteiger partial charge is 0.429 e. The van der Waals surface area contributed by atoms with Crippen LogP contribution in [0, 0.1) is 0 Å². The van der Waals surface area contributed by atoms with Crippen LogP contribution in [-0.4, -0.2) is 48.0 Å². The minimum Gasteiger partial charge on any atom is -0.448 e. The van der Waals surface area contributed by atoms with Gasteiger partial charge < -0.3 is 9.64 Å². The fourth-order valence-corrected chi connectivity index (χ4v) is 3.90. The highest BCUT2D eigenvalue weighted by molar-refractivity contribution is 7.09. The van der Waals surface area contributed by atoms with E-state index in [1.807, 2.05) is 47.5 Å². The molecule has 0 N–H and O–H groups in total. The molecule has 5 nitrogen and oxygen atoms in total. The largest absolute Gasteiger partial charge is 0.448 e. The molecule has 0 aliphatic carbocycles. The van der Waals surface area contributed by atoms with Crippen molar-refractivity contribution in [2.24, 2.45) is 0 Å². The number of nitrogens with zero attached hydrogens (tertiary/aromatic N) is 3. The lowest BCUT2D eigenvalue weighted by atomic mass is 10.0. The molecule has 0 atom stereocenters. The molecular formula is C18H26ClN3O2S. The van der Waals surface area contributed by atoms with Gasteiger partial charge in [-0.15, -0.1) is 23.7 Å². The highest BCUT2D eigenvalue weighted by Crippen LogP contribution is 2.18. The molecule has 138 valence electrons. The summed E-state index contributed by atoms with van der Waals surface area (Å²) in [5, 5.41) is 3.90. The van der Waals surface area contributed by atoms with Crippen molar-refractivity contribution in [2.45, 2.75) is 32.2 Å². The quantitative estimate of drug-likeness (QED) is 0.761. The van der Waals surface area contributed by atoms with E-state index in [0.717, 1.165) is 38.9 Å². The Balaban J connectivity index is 0.00000225. The molecule has 1 fully saturated rings. The second-order valence-electron chi connectivity index (χ2n) is 6.01. The van der Waals surface area contributed by atoms with Gasteiger partial charge in [-0.25, -0.2) is 9.80 Å². The topological polar surface area (TPSA) is 37.7 Å². The van der Waals surface area contributed by atoms with Crippen LogP contribution in [0.3, 0.4) is 0 Å². The van der Waals surface area contributed by atoms with Crippen molar-refractivity contribution in [3.63, 3.8) is 0 Å². The third-order valence-electron chi connectivity index (χ3n) is 4.45. The van der Waals surface area contributed by atoms with Crippen LogP contribution in [0.1, 0.15) is 24.6 Å². The highest BCUT2D eigenvalue weighted by atomic mass is 35.5. The predicted octanol–water partition coefficient (Wildman–Crippen LogP) is 3.77. The van der Waals surface area contributed by atoms with Crippen molar-refractivity contribution in [1.29, 1.82) is 0 Å². The van der Waals surface area contributed by atoms with Gasteiger partial charge in [0.25, 0.3) is 0 Å². The van der Waals surface area contributed by atoms with Crippen molar-refractivity contribution >= 4 is 29.8 Å². The Kier molecular flexibility index (Phi) is 7.81. The molecule has 0 bridgehead atoms. The lowest BCUT2D eigenvalue weighted by molar-refractivity contribution is 0.138. The Morgan fingerprint density at radius 1 is 1.28 bits per heavy atom. The van der Waals surface area contributed by atoms with E-state index in [1.165, 1.54) is 4.88 Å². The van der Waals surface area contributed by atoms with Crippen LogP contribution >= 0.6 is 23.7 Å². The summed E-state index contributed by atoms with van der Waals surface area (Å²) in [5.74, 6) is 0. The number of piperidine rings is 1. The van der Waals surface area contributed by atoms with Gasteiger partial charge in [0, 0.05) is 36.9 Å². The van der Waals surface area contributed by atoms with Gasteiger partial charge in [0.1, 0.15) is 0 Å². The van der Waals surface area contributed by atoms with Gasteiger partial charge in [-0.05, 0) is 49.8 Å². The first kappa shape index (κ1) is 19.8. The van der Waals surface area contributed by atoms with E-state index in [2.05, 4.69) is 22.4 Å². The molecule has 2 aromatic rings. The molecule has 3 rings (SSSR count). The molecule has 1 aliphatic rings. The average Bonchev–Trinajstić information content (AvgIpc) is 3.28. The molecule has 25 heavy (non-hydrogen) atoms. The molecule has 0 radical (unpaired) electrons. The zero-order valence-corrected chi connectivity index (χ0v) is 16.2. The number of carbonyl (C=O) groups excluding carboxylic acids is 1. The van der Waals surface area contributed by atoms with Gasteiger partial charge >= 0.3 is 6.09 Å². The van der Waals surface area contributed by atoms with E-state index in [-0.39, 0.29) is 24.5 Å². The Labute approximate surface area is 159 Å². The van der Waals surface area contributed by atoms with Crippen LogP contribution in [0.25, 0.3) is 0 Å². The van der Waals surface area contributed by atoms with Gasteiger partial charge in [0.05, 0.1) is 12.6 Å². The van der Waals surface area contributed by atoms with E-state index in [9.17, 15) is 4.79 Å². The molecule has 1 saturated heterocycles. The fraction of sp³-hybridized carbons (Fsp3) is 0.500. The van der Waals surface area contributed by atoms with Crippen LogP contribution in [0.15, 0.2) is 42.0 Å². The van der Waals surface area contributed by atoms with E-state index in [1.54, 1.807) is 5.01 Å². The van der Waals surface area contributed by atoms with Crippen molar-refractivity contribution in [2.75, 3.05) is 31.3 Å². The monoisotopic (exact) mass is 383 g/mol. The van der Waals surface area contributed by atoms with Crippen LogP contribution in [0.4, 0.5) is 4.79 Å². The van der Waals surface area contributed by atoms with Gasteiger partial charge in [-0.2, -0.15) is 0 Å². The number of hydrogen-bond donors (Lipinski definition) is 0. The zero-order chi connectivity index (χ0) is 16.8. The lowest BCUT2D eigenvalue weighted by Gasteiger charge is -2.38. The summed E-state index contributed by atoms with van der Waals surface area (Å²) in [5.41, 5.74) is 0. The van der Waals surface area contributed by atoms with Crippen molar-refractivity contribution in [1.82, 2.24) is 9.58 Å². The second-order valence-corrected chi connectivity index (χ2v) is 7.04. The first-order valence-corrected chi connectivity index (χ1v) is 9.50. The third kappa shape index (κ3) is 5.23. The fourth-order valence-electron chi connectivity index (χ4n) is 3.20. The molecular weight excluding hydrogens is 358 g/mol. The maximum absolute atomic E-state index is 12.4. The van der Waals surface area contributed by atoms with E-state index in [0.29, 0.717) is 6.61 Å². The number of thiophene rings is 1. The van der Waals surface area contributed by atoms with Crippen molar-refractivity contribution in [3.05, 3.63) is 46.9 Å². The molecule has 7 heteroatoms. The SMILES string of the molecule is CCOC(=O)N(C1CCN(CCc2cccs2)CC1)n1cccc1.Cl. The molecule has 1 aliphatic heterocycles. The molecule has 0 spiro atoms. The number of halogens is 1. The zero-order valence-electron chi connectivity index (χ0n) is 14.5. The van der Waals surface area contributed by atoms with Crippen molar-refractivity contribution < 1.29 is 9.53 Å². The number of carbonyl (C=O) groups is 1. The molecule has 1 amide bonds. The Morgan fingerprint density at radius 3 is 2.60 bits per heavy atom. The normalized spacial score (nSPS) is 15.6. The highest BCUT2D eigenvalue weighted by Gasteiger charge is 2.29. The average molecular weight is 384 g/mol. The second kappa shape index (κ2) is 9.85. The Bertz CT molecular complexity index is 610. The van der Waals surface area contributed by atoms with E-state index in [4.69, 9.17) is 4.74 Å². The summed E-state index contributed by atoms with van der Waals surface area (Å²) < 4.78 is 7.11.